The zero-order chi connectivity index (χ0) is 30.5. The average Bonchev–Trinajstić information content (AvgIpc) is 3.01. The molecule has 4 aromatic rings. The molecule has 1 N–H and O–H groups in total. The van der Waals surface area contributed by atoms with Gasteiger partial charge in [0.15, 0.2) is 0 Å². The Morgan fingerprint density at radius 2 is 1.58 bits per heavy atom. The number of nitrogens with one attached hydrogen (secondary N) is 1. The molecule has 0 saturated heterocycles. The molecule has 4 aromatic carbocycles. The zero-order valence-corrected chi connectivity index (χ0v) is 26.1. The van der Waals surface area contributed by atoms with Crippen LogP contribution in [0.25, 0.3) is 22.9 Å². The van der Waals surface area contributed by atoms with Gasteiger partial charge in [0, 0.05) is 41.5 Å². The summed E-state index contributed by atoms with van der Waals surface area (Å²) in [6.07, 6.45) is 3.60. The Morgan fingerprint density at radius 3 is 2.21 bits per heavy atom. The van der Waals surface area contributed by atoms with Crippen LogP contribution in [-0.2, 0) is 9.53 Å². The van der Waals surface area contributed by atoms with Gasteiger partial charge in [0.05, 0.1) is 0 Å². The molecule has 4 heteroatoms. The summed E-state index contributed by atoms with van der Waals surface area (Å²) in [6.45, 7) is 18.1. The molecule has 0 unspecified atom stereocenters. The number of carbonyl (C=O) groups excluding carboxylic acids is 1. The van der Waals surface area contributed by atoms with Crippen LogP contribution in [0, 0.1) is 6.92 Å². The van der Waals surface area contributed by atoms with Crippen LogP contribution in [-0.4, -0.2) is 31.2 Å². The summed E-state index contributed by atoms with van der Waals surface area (Å²) in [7, 11) is 0. The summed E-state index contributed by atoms with van der Waals surface area (Å²) in [5, 5.41) is 8.50. The maximum absolute atomic E-state index is 12.0. The first-order valence-electron chi connectivity index (χ1n) is 15.6. The maximum atomic E-state index is 12.0. The third-order valence-corrected chi connectivity index (χ3v) is 8.69. The number of esters is 1. The molecule has 0 spiro atoms. The number of benzene rings is 4. The fraction of sp³-hybridized carbons (Fsp3) is 0.308. The van der Waals surface area contributed by atoms with E-state index in [0.29, 0.717) is 11.6 Å². The third kappa shape index (κ3) is 6.69. The molecule has 222 valence electrons. The van der Waals surface area contributed by atoms with E-state index in [1.165, 1.54) is 43.9 Å². The Balaban J connectivity index is 1.53. The fourth-order valence-electron chi connectivity index (χ4n) is 6.33. The predicted octanol–water partition coefficient (Wildman–Crippen LogP) is 7.49. The first-order chi connectivity index (χ1) is 20.8. The Morgan fingerprint density at radius 1 is 0.907 bits per heavy atom. The average molecular weight is 573 g/mol. The van der Waals surface area contributed by atoms with Crippen LogP contribution in [0.4, 0.5) is 11.4 Å². The number of nitrogens with zero attached hydrogens (tertiary/aromatic N) is 1. The molecule has 1 fully saturated rings. The Labute approximate surface area is 256 Å². The topological polar surface area (TPSA) is 41.6 Å². The van der Waals surface area contributed by atoms with Crippen molar-refractivity contribution in [3.8, 4) is 0 Å². The Hall–Kier alpha value is -4.31. The van der Waals surface area contributed by atoms with E-state index in [2.05, 4.69) is 123 Å². The minimum Gasteiger partial charge on any atom is -0.459 e. The van der Waals surface area contributed by atoms with E-state index in [9.17, 15) is 4.79 Å². The fourth-order valence-corrected chi connectivity index (χ4v) is 6.33. The third-order valence-electron chi connectivity index (χ3n) is 8.69. The lowest BCUT2D eigenvalue weighted by Crippen LogP contribution is -2.31. The van der Waals surface area contributed by atoms with Crippen molar-refractivity contribution in [1.82, 2.24) is 0 Å². The van der Waals surface area contributed by atoms with E-state index in [0.717, 1.165) is 49.7 Å². The minimum absolute atomic E-state index is 0.0282. The summed E-state index contributed by atoms with van der Waals surface area (Å²) in [4.78, 5) is 14.4. The molecule has 1 aliphatic rings. The molecular formula is C39H44N2O2. The van der Waals surface area contributed by atoms with Crippen LogP contribution in [0.1, 0.15) is 63.1 Å². The van der Waals surface area contributed by atoms with Gasteiger partial charge in [-0.05, 0) is 110 Å². The second kappa shape index (κ2) is 13.3. The number of fused-ring (bicyclic) bond motifs is 1. The van der Waals surface area contributed by atoms with Crippen molar-refractivity contribution in [2.75, 3.05) is 23.3 Å². The summed E-state index contributed by atoms with van der Waals surface area (Å²) < 4.78 is 5.62. The molecular weight excluding hydrogens is 528 g/mol. The van der Waals surface area contributed by atoms with Crippen LogP contribution in [0.15, 0.2) is 91.0 Å². The van der Waals surface area contributed by atoms with E-state index >= 15 is 0 Å². The van der Waals surface area contributed by atoms with Gasteiger partial charge < -0.3 is 15.0 Å². The van der Waals surface area contributed by atoms with E-state index in [1.807, 2.05) is 0 Å². The highest BCUT2D eigenvalue weighted by Crippen LogP contribution is 2.35. The van der Waals surface area contributed by atoms with Crippen LogP contribution < -0.4 is 20.7 Å². The highest BCUT2D eigenvalue weighted by Gasteiger charge is 2.25. The van der Waals surface area contributed by atoms with Crippen molar-refractivity contribution in [1.29, 1.82) is 0 Å². The van der Waals surface area contributed by atoms with E-state index in [4.69, 9.17) is 4.74 Å². The predicted molar refractivity (Wildman–Crippen MR) is 182 cm³/mol. The number of rotatable bonds is 9. The molecule has 0 bridgehead atoms. The zero-order valence-electron chi connectivity index (χ0n) is 26.1. The van der Waals surface area contributed by atoms with Crippen molar-refractivity contribution in [2.24, 2.45) is 0 Å². The van der Waals surface area contributed by atoms with Crippen molar-refractivity contribution in [2.45, 2.75) is 65.5 Å². The maximum Gasteiger partial charge on any atom is 0.333 e. The lowest BCUT2D eigenvalue weighted by atomic mass is 9.89. The largest absolute Gasteiger partial charge is 0.459 e. The Bertz CT molecular complexity index is 1730. The monoisotopic (exact) mass is 572 g/mol. The summed E-state index contributed by atoms with van der Waals surface area (Å²) in [6, 6.07) is 29.0. The van der Waals surface area contributed by atoms with Crippen molar-refractivity contribution in [3.63, 3.8) is 0 Å². The summed E-state index contributed by atoms with van der Waals surface area (Å²) in [5.41, 5.74) is 7.70. The van der Waals surface area contributed by atoms with Crippen LogP contribution in [0.3, 0.4) is 0 Å². The van der Waals surface area contributed by atoms with Crippen LogP contribution in [0.2, 0.25) is 0 Å². The number of carbonyl (C=O) groups is 1. The number of anilines is 2. The van der Waals surface area contributed by atoms with Gasteiger partial charge in [0.2, 0.25) is 0 Å². The molecule has 43 heavy (non-hydrogen) atoms. The normalized spacial score (nSPS) is 17.3. The number of hydrogen-bond donors (Lipinski definition) is 1. The van der Waals surface area contributed by atoms with Crippen molar-refractivity contribution >= 4 is 40.3 Å². The summed E-state index contributed by atoms with van der Waals surface area (Å²) >= 11 is 0. The van der Waals surface area contributed by atoms with Gasteiger partial charge in [-0.3, -0.25) is 0 Å². The minimum atomic E-state index is -0.284. The van der Waals surface area contributed by atoms with E-state index in [-0.39, 0.29) is 12.1 Å². The SMILES string of the molecule is C=C(C)C(=O)OC1CCC(Nc2ccc(/C(c3ccc(N(CC)CC)cc3)=c3\ccc(=C)cc3C)c3ccccc23)CC1. The Kier molecular flexibility index (Phi) is 9.35. The highest BCUT2D eigenvalue weighted by molar-refractivity contribution is 6.03. The number of aryl methyl sites for hydroxylation is 1. The molecule has 1 aliphatic carbocycles. The number of hydrogen-bond acceptors (Lipinski definition) is 4. The lowest BCUT2D eigenvalue weighted by molar-refractivity contribution is -0.145. The van der Waals surface area contributed by atoms with Gasteiger partial charge in [-0.2, -0.15) is 0 Å². The lowest BCUT2D eigenvalue weighted by Gasteiger charge is -2.30. The highest BCUT2D eigenvalue weighted by atomic mass is 16.5. The molecule has 5 rings (SSSR count). The molecule has 4 nitrogen and oxygen atoms in total. The molecule has 0 radical (unpaired) electrons. The molecule has 1 saturated carbocycles. The van der Waals surface area contributed by atoms with Crippen LogP contribution >= 0.6 is 0 Å². The van der Waals surface area contributed by atoms with Gasteiger partial charge in [-0.15, -0.1) is 0 Å². The van der Waals surface area contributed by atoms with E-state index in [1.54, 1.807) is 6.92 Å². The van der Waals surface area contributed by atoms with Gasteiger partial charge in [0.1, 0.15) is 6.10 Å². The first kappa shape index (κ1) is 30.2. The van der Waals surface area contributed by atoms with Crippen molar-refractivity contribution in [3.05, 3.63) is 118 Å². The second-order valence-corrected chi connectivity index (χ2v) is 11.8. The molecule has 0 aliphatic heterocycles. The van der Waals surface area contributed by atoms with E-state index < -0.39 is 0 Å². The smallest absolute Gasteiger partial charge is 0.333 e. The molecule has 0 heterocycles. The standard InChI is InChI=1S/C39H44N2O2/c1-7-41(8-2)31-18-14-29(15-19-31)38(33-22-13-27(5)25-28(33)6)36-23-24-37(35-12-10-9-11-34(35)36)40-30-16-20-32(21-17-30)43-39(42)26(3)4/h9-15,18-19,22-25,30,32,40H,3,5,7-8,16-17,20-21H2,1-2,4,6H3/b38-33+. The molecule has 0 aromatic heterocycles. The van der Waals surface area contributed by atoms with Crippen molar-refractivity contribution < 1.29 is 9.53 Å². The van der Waals surface area contributed by atoms with Gasteiger partial charge in [0.25, 0.3) is 0 Å². The summed E-state index contributed by atoms with van der Waals surface area (Å²) in [5.74, 6) is -0.284. The quantitative estimate of drug-likeness (QED) is 0.167. The molecule has 0 amide bonds. The van der Waals surface area contributed by atoms with Gasteiger partial charge in [-0.1, -0.05) is 73.8 Å². The molecule has 0 atom stereocenters. The van der Waals surface area contributed by atoms with Crippen LogP contribution in [0.5, 0.6) is 0 Å². The first-order valence-corrected chi connectivity index (χ1v) is 15.6. The van der Waals surface area contributed by atoms with Gasteiger partial charge >= 0.3 is 5.97 Å². The number of ether oxygens (including phenoxy) is 1. The van der Waals surface area contributed by atoms with Gasteiger partial charge in [-0.25, -0.2) is 4.79 Å². The second-order valence-electron chi connectivity index (χ2n) is 11.8.